The highest BCUT2D eigenvalue weighted by molar-refractivity contribution is 7.98. The van der Waals surface area contributed by atoms with Gasteiger partial charge in [-0.15, -0.1) is 11.3 Å². The molecule has 0 atom stereocenters. The third-order valence-electron chi connectivity index (χ3n) is 6.43. The molecule has 0 unspecified atom stereocenters. The van der Waals surface area contributed by atoms with Crippen LogP contribution in [0.15, 0.2) is 23.4 Å². The zero-order valence-corrected chi connectivity index (χ0v) is 22.0. The minimum atomic E-state index is 0.424. The maximum Gasteiger partial charge on any atom is 0.189 e. The largest absolute Gasteiger partial charge is 0.493 e. The first kappa shape index (κ1) is 23.2. The molecule has 4 aromatic rings. The van der Waals surface area contributed by atoms with Crippen LogP contribution in [0.2, 0.25) is 0 Å². The first-order valence-electron chi connectivity index (χ1n) is 11.7. The molecule has 3 heterocycles. The molecule has 0 fully saturated rings. The second-order valence-corrected chi connectivity index (χ2v) is 10.6. The molecule has 1 aliphatic carbocycles. The highest BCUT2D eigenvalue weighted by Crippen LogP contribution is 2.43. The zero-order chi connectivity index (χ0) is 23.8. The molecule has 0 radical (unpaired) electrons. The summed E-state index contributed by atoms with van der Waals surface area (Å²) in [6.07, 6.45) is 6.31. The standard InChI is InChI=1S/C26H30N4O2S2/c1-14(2)21-17-8-6-7-16(17)20-22-23(34-25(20)28-21)24(30-26(29-22)33-5)27-12-11-15-9-10-18(31-3)19(13-15)32-4/h9-10,13-14H,6-8,11-12H2,1-5H3,(H,27,29,30). The van der Waals surface area contributed by atoms with Crippen LogP contribution in [0.1, 0.15) is 48.6 Å². The first-order valence-corrected chi connectivity index (χ1v) is 13.7. The van der Waals surface area contributed by atoms with Crippen LogP contribution in [0.4, 0.5) is 5.82 Å². The molecule has 0 bridgehead atoms. The van der Waals surface area contributed by atoms with E-state index >= 15 is 0 Å². The molecule has 0 saturated carbocycles. The Morgan fingerprint density at radius 2 is 1.85 bits per heavy atom. The number of aryl methyl sites for hydroxylation is 1. The fraction of sp³-hybridized carbons (Fsp3) is 0.423. The average molecular weight is 495 g/mol. The summed E-state index contributed by atoms with van der Waals surface area (Å²) in [5.74, 6) is 2.82. The van der Waals surface area contributed by atoms with E-state index in [1.54, 1.807) is 37.3 Å². The Kier molecular flexibility index (Phi) is 6.53. The van der Waals surface area contributed by atoms with Crippen LogP contribution in [-0.4, -0.2) is 42.0 Å². The van der Waals surface area contributed by atoms with Gasteiger partial charge >= 0.3 is 0 Å². The molecule has 1 aromatic carbocycles. The quantitative estimate of drug-likeness (QED) is 0.229. The minimum Gasteiger partial charge on any atom is -0.493 e. The highest BCUT2D eigenvalue weighted by atomic mass is 32.2. The van der Waals surface area contributed by atoms with E-state index in [1.807, 2.05) is 18.4 Å². The van der Waals surface area contributed by atoms with Gasteiger partial charge in [-0.2, -0.15) is 0 Å². The molecule has 1 N–H and O–H groups in total. The van der Waals surface area contributed by atoms with Crippen molar-refractivity contribution < 1.29 is 9.47 Å². The number of nitrogens with one attached hydrogen (secondary N) is 1. The minimum absolute atomic E-state index is 0.424. The van der Waals surface area contributed by atoms with Crippen LogP contribution in [0, 0.1) is 0 Å². The number of methoxy groups -OCH3 is 2. The van der Waals surface area contributed by atoms with Gasteiger partial charge < -0.3 is 14.8 Å². The van der Waals surface area contributed by atoms with Crippen molar-refractivity contribution in [1.29, 1.82) is 0 Å². The van der Waals surface area contributed by atoms with Gasteiger partial charge in [0.15, 0.2) is 16.7 Å². The topological polar surface area (TPSA) is 69.2 Å². The lowest BCUT2D eigenvalue weighted by Crippen LogP contribution is -2.07. The lowest BCUT2D eigenvalue weighted by Gasteiger charge is -2.12. The number of ether oxygens (including phenoxy) is 2. The molecule has 0 aliphatic heterocycles. The molecule has 3 aromatic heterocycles. The number of rotatable bonds is 8. The summed E-state index contributed by atoms with van der Waals surface area (Å²) in [6.45, 7) is 5.24. The molecule has 5 rings (SSSR count). The number of fused-ring (bicyclic) bond motifs is 5. The van der Waals surface area contributed by atoms with Crippen molar-refractivity contribution in [2.24, 2.45) is 0 Å². The summed E-state index contributed by atoms with van der Waals surface area (Å²) in [5.41, 5.74) is 6.40. The van der Waals surface area contributed by atoms with Crippen molar-refractivity contribution in [3.8, 4) is 11.5 Å². The second-order valence-electron chi connectivity index (χ2n) is 8.85. The summed E-state index contributed by atoms with van der Waals surface area (Å²) in [7, 11) is 3.32. The summed E-state index contributed by atoms with van der Waals surface area (Å²) in [4.78, 5) is 16.0. The van der Waals surface area contributed by atoms with Crippen LogP contribution in [-0.2, 0) is 19.3 Å². The Labute approximate surface area is 208 Å². The van der Waals surface area contributed by atoms with E-state index in [2.05, 4.69) is 25.2 Å². The molecule has 178 valence electrons. The Morgan fingerprint density at radius 3 is 2.59 bits per heavy atom. The van der Waals surface area contributed by atoms with Gasteiger partial charge in [-0.25, -0.2) is 15.0 Å². The van der Waals surface area contributed by atoms with E-state index < -0.39 is 0 Å². The molecular formula is C26H30N4O2S2. The van der Waals surface area contributed by atoms with E-state index in [1.165, 1.54) is 34.2 Å². The van der Waals surface area contributed by atoms with Gasteiger partial charge in [-0.05, 0) is 66.7 Å². The van der Waals surface area contributed by atoms with E-state index in [-0.39, 0.29) is 0 Å². The number of anilines is 1. The first-order chi connectivity index (χ1) is 16.5. The lowest BCUT2D eigenvalue weighted by atomic mass is 9.99. The van der Waals surface area contributed by atoms with Crippen LogP contribution < -0.4 is 14.8 Å². The van der Waals surface area contributed by atoms with Crippen LogP contribution in [0.5, 0.6) is 11.5 Å². The van der Waals surface area contributed by atoms with Crippen molar-refractivity contribution in [2.45, 2.75) is 50.6 Å². The predicted octanol–water partition coefficient (Wildman–Crippen LogP) is 6.25. The van der Waals surface area contributed by atoms with Crippen molar-refractivity contribution in [3.63, 3.8) is 0 Å². The van der Waals surface area contributed by atoms with E-state index in [0.29, 0.717) is 5.92 Å². The number of aromatic nitrogens is 3. The van der Waals surface area contributed by atoms with E-state index in [0.717, 1.165) is 63.3 Å². The summed E-state index contributed by atoms with van der Waals surface area (Å²) in [6, 6.07) is 6.06. The van der Waals surface area contributed by atoms with Gasteiger partial charge in [0, 0.05) is 17.6 Å². The van der Waals surface area contributed by atoms with Crippen LogP contribution in [0.25, 0.3) is 20.4 Å². The predicted molar refractivity (Wildman–Crippen MR) is 142 cm³/mol. The number of thioether (sulfide) groups is 1. The van der Waals surface area contributed by atoms with Gasteiger partial charge in [-0.3, -0.25) is 0 Å². The number of nitrogens with zero attached hydrogens (tertiary/aromatic N) is 3. The van der Waals surface area contributed by atoms with Crippen molar-refractivity contribution in [2.75, 3.05) is 32.3 Å². The Balaban J connectivity index is 1.51. The van der Waals surface area contributed by atoms with Gasteiger partial charge in [-0.1, -0.05) is 31.7 Å². The molecular weight excluding hydrogens is 464 g/mol. The molecule has 0 spiro atoms. The second kappa shape index (κ2) is 9.58. The van der Waals surface area contributed by atoms with E-state index in [9.17, 15) is 0 Å². The van der Waals surface area contributed by atoms with Crippen molar-refractivity contribution >= 4 is 49.3 Å². The van der Waals surface area contributed by atoms with Crippen LogP contribution >= 0.6 is 23.1 Å². The summed E-state index contributed by atoms with van der Waals surface area (Å²) >= 11 is 3.30. The van der Waals surface area contributed by atoms with Gasteiger partial charge in [0.2, 0.25) is 0 Å². The summed E-state index contributed by atoms with van der Waals surface area (Å²) < 4.78 is 11.9. The average Bonchev–Trinajstić information content (AvgIpc) is 3.47. The molecule has 8 heteroatoms. The molecule has 0 amide bonds. The number of pyridine rings is 1. The smallest absolute Gasteiger partial charge is 0.189 e. The van der Waals surface area contributed by atoms with Crippen molar-refractivity contribution in [3.05, 3.63) is 40.6 Å². The Morgan fingerprint density at radius 1 is 1.06 bits per heavy atom. The number of hydrogen-bond donors (Lipinski definition) is 1. The van der Waals surface area contributed by atoms with Crippen molar-refractivity contribution in [1.82, 2.24) is 15.0 Å². The number of hydrogen-bond acceptors (Lipinski definition) is 8. The number of benzene rings is 1. The maximum atomic E-state index is 5.45. The fourth-order valence-corrected chi connectivity index (χ4v) is 6.31. The van der Waals surface area contributed by atoms with Gasteiger partial charge in [0.25, 0.3) is 0 Å². The third kappa shape index (κ3) is 4.07. The monoisotopic (exact) mass is 494 g/mol. The number of thiophene rings is 1. The van der Waals surface area contributed by atoms with Crippen LogP contribution in [0.3, 0.4) is 0 Å². The Hall–Kier alpha value is -2.58. The third-order valence-corrected chi connectivity index (χ3v) is 8.06. The fourth-order valence-electron chi connectivity index (χ4n) is 4.82. The molecule has 0 saturated heterocycles. The lowest BCUT2D eigenvalue weighted by molar-refractivity contribution is 0.354. The normalized spacial score (nSPS) is 13.1. The molecule has 1 aliphatic rings. The highest BCUT2D eigenvalue weighted by Gasteiger charge is 2.25. The Bertz CT molecular complexity index is 1370. The molecule has 34 heavy (non-hydrogen) atoms. The van der Waals surface area contributed by atoms with E-state index in [4.69, 9.17) is 24.4 Å². The summed E-state index contributed by atoms with van der Waals surface area (Å²) in [5, 5.41) is 5.63. The molecule has 6 nitrogen and oxygen atoms in total. The SMILES string of the molecule is COc1ccc(CCNc2nc(SC)nc3c2sc2nc(C(C)C)c4c(c23)CCC4)cc1OC. The van der Waals surface area contributed by atoms with Gasteiger partial charge in [0.1, 0.15) is 10.6 Å². The maximum absolute atomic E-state index is 5.45. The zero-order valence-electron chi connectivity index (χ0n) is 20.3. The van der Waals surface area contributed by atoms with Gasteiger partial charge in [0.05, 0.1) is 24.4 Å².